The van der Waals surface area contributed by atoms with Crippen LogP contribution in [-0.4, -0.2) is 14.2 Å². The van der Waals surface area contributed by atoms with Gasteiger partial charge in [0.05, 0.1) is 17.3 Å². The van der Waals surface area contributed by atoms with Gasteiger partial charge in [-0.2, -0.15) is 5.10 Å². The molecule has 2 aromatic heterocycles. The predicted octanol–water partition coefficient (Wildman–Crippen LogP) is 4.77. The molecule has 0 atom stereocenters. The third-order valence-electron chi connectivity index (χ3n) is 4.11. The first kappa shape index (κ1) is 17.0. The van der Waals surface area contributed by atoms with E-state index in [9.17, 15) is 9.18 Å². The van der Waals surface area contributed by atoms with Gasteiger partial charge in [0.15, 0.2) is 0 Å². The summed E-state index contributed by atoms with van der Waals surface area (Å²) >= 11 is 9.45. The zero-order valence-corrected chi connectivity index (χ0v) is 15.7. The van der Waals surface area contributed by atoms with Crippen molar-refractivity contribution in [3.8, 4) is 11.3 Å². The minimum absolute atomic E-state index is 0.140. The molecule has 0 spiro atoms. The van der Waals surface area contributed by atoms with Crippen molar-refractivity contribution in [2.45, 2.75) is 6.54 Å². The minimum atomic E-state index is -0.364. The lowest BCUT2D eigenvalue weighted by atomic mass is 10.1. The first-order valence-electron chi connectivity index (χ1n) is 7.80. The summed E-state index contributed by atoms with van der Waals surface area (Å²) in [6, 6.07) is 13.8. The highest BCUT2D eigenvalue weighted by molar-refractivity contribution is 9.10. The summed E-state index contributed by atoms with van der Waals surface area (Å²) in [7, 11) is 0. The van der Waals surface area contributed by atoms with Crippen LogP contribution in [0.1, 0.15) is 5.56 Å². The molecule has 0 aliphatic rings. The second-order valence-electron chi connectivity index (χ2n) is 5.81. The van der Waals surface area contributed by atoms with Crippen LogP contribution in [0.15, 0.2) is 70.2 Å². The van der Waals surface area contributed by atoms with Gasteiger partial charge in [-0.25, -0.2) is 8.91 Å². The van der Waals surface area contributed by atoms with E-state index >= 15 is 0 Å². The molecule has 4 aromatic rings. The first-order chi connectivity index (χ1) is 12.5. The molecule has 0 saturated carbocycles. The molecule has 0 amide bonds. The smallest absolute Gasteiger partial charge is 0.276 e. The number of benzene rings is 2. The van der Waals surface area contributed by atoms with Gasteiger partial charge in [0.2, 0.25) is 0 Å². The number of hydrogen-bond acceptors (Lipinski definition) is 2. The fraction of sp³-hybridized carbons (Fsp3) is 0.0526. The first-order valence-corrected chi connectivity index (χ1v) is 8.98. The van der Waals surface area contributed by atoms with Crippen LogP contribution in [0, 0.1) is 5.82 Å². The van der Waals surface area contributed by atoms with Crippen molar-refractivity contribution >= 4 is 33.0 Å². The Labute approximate surface area is 161 Å². The highest BCUT2D eigenvalue weighted by Gasteiger charge is 2.12. The van der Waals surface area contributed by atoms with E-state index < -0.39 is 0 Å². The Kier molecular flexibility index (Phi) is 4.38. The Morgan fingerprint density at radius 2 is 1.92 bits per heavy atom. The summed E-state index contributed by atoms with van der Waals surface area (Å²) in [5.74, 6) is -0.364. The fourth-order valence-corrected chi connectivity index (χ4v) is 3.35. The maximum Gasteiger partial charge on any atom is 0.276 e. The van der Waals surface area contributed by atoms with E-state index in [2.05, 4.69) is 21.0 Å². The Bertz CT molecular complexity index is 1190. The maximum atomic E-state index is 14.1. The number of nitrogens with zero attached hydrogens (tertiary/aromatic N) is 3. The van der Waals surface area contributed by atoms with Crippen molar-refractivity contribution in [3.63, 3.8) is 0 Å². The Morgan fingerprint density at radius 1 is 1.12 bits per heavy atom. The third kappa shape index (κ3) is 3.06. The predicted molar refractivity (Wildman–Crippen MR) is 103 cm³/mol. The van der Waals surface area contributed by atoms with Crippen LogP contribution in [0.5, 0.6) is 0 Å². The molecule has 0 N–H and O–H groups in total. The molecule has 0 fully saturated rings. The van der Waals surface area contributed by atoms with Crippen molar-refractivity contribution in [3.05, 3.63) is 92.2 Å². The molecule has 0 aliphatic carbocycles. The molecule has 0 radical (unpaired) electrons. The molecule has 0 unspecified atom stereocenters. The van der Waals surface area contributed by atoms with E-state index in [1.54, 1.807) is 36.7 Å². The van der Waals surface area contributed by atoms with E-state index in [0.29, 0.717) is 26.3 Å². The molecule has 130 valence electrons. The van der Waals surface area contributed by atoms with E-state index in [4.69, 9.17) is 11.6 Å². The quantitative estimate of drug-likeness (QED) is 0.468. The minimum Gasteiger partial charge on any atom is -0.308 e. The molecular formula is C19H12BrClFN3O. The van der Waals surface area contributed by atoms with Gasteiger partial charge in [-0.05, 0) is 24.3 Å². The maximum absolute atomic E-state index is 14.1. The monoisotopic (exact) mass is 431 g/mol. The Balaban J connectivity index is 1.78. The van der Waals surface area contributed by atoms with Crippen molar-refractivity contribution < 1.29 is 4.39 Å². The SMILES string of the molecule is O=c1c2cc(-c3ccccc3Cl)nn2ccn1Cc1ccc(Br)cc1F. The average molecular weight is 433 g/mol. The molecular weight excluding hydrogens is 421 g/mol. The topological polar surface area (TPSA) is 39.3 Å². The molecule has 2 heterocycles. The molecule has 26 heavy (non-hydrogen) atoms. The number of aromatic nitrogens is 3. The Hall–Kier alpha value is -2.44. The summed E-state index contributed by atoms with van der Waals surface area (Å²) in [6.45, 7) is 0.140. The van der Waals surface area contributed by atoms with Gasteiger partial charge in [-0.15, -0.1) is 0 Å². The molecule has 0 saturated heterocycles. The average Bonchev–Trinajstić information content (AvgIpc) is 3.05. The van der Waals surface area contributed by atoms with E-state index in [0.717, 1.165) is 5.56 Å². The molecule has 2 aromatic carbocycles. The van der Waals surface area contributed by atoms with Gasteiger partial charge >= 0.3 is 0 Å². The van der Waals surface area contributed by atoms with Crippen LogP contribution >= 0.6 is 27.5 Å². The lowest BCUT2D eigenvalue weighted by Crippen LogP contribution is -2.22. The van der Waals surface area contributed by atoms with Crippen molar-refractivity contribution in [2.75, 3.05) is 0 Å². The molecule has 0 aliphatic heterocycles. The largest absolute Gasteiger partial charge is 0.308 e. The van der Waals surface area contributed by atoms with Crippen LogP contribution in [-0.2, 0) is 6.54 Å². The van der Waals surface area contributed by atoms with Crippen LogP contribution in [0.3, 0.4) is 0 Å². The molecule has 7 heteroatoms. The van der Waals surface area contributed by atoms with E-state index in [1.165, 1.54) is 15.1 Å². The van der Waals surface area contributed by atoms with Crippen molar-refractivity contribution in [1.29, 1.82) is 0 Å². The van der Waals surface area contributed by atoms with E-state index in [1.807, 2.05) is 18.2 Å². The fourth-order valence-electron chi connectivity index (χ4n) is 2.78. The summed E-state index contributed by atoms with van der Waals surface area (Å²) in [6.07, 6.45) is 3.27. The zero-order valence-electron chi connectivity index (χ0n) is 13.4. The molecule has 0 bridgehead atoms. The lowest BCUT2D eigenvalue weighted by Gasteiger charge is -2.07. The zero-order chi connectivity index (χ0) is 18.3. The van der Waals surface area contributed by atoms with Gasteiger partial charge in [0, 0.05) is 28.0 Å². The summed E-state index contributed by atoms with van der Waals surface area (Å²) in [5, 5.41) is 4.98. The number of halogens is 3. The van der Waals surface area contributed by atoms with Crippen molar-refractivity contribution in [2.24, 2.45) is 0 Å². The van der Waals surface area contributed by atoms with Gasteiger partial charge in [0.25, 0.3) is 5.56 Å². The van der Waals surface area contributed by atoms with Crippen LogP contribution < -0.4 is 5.56 Å². The highest BCUT2D eigenvalue weighted by atomic mass is 79.9. The number of hydrogen-bond donors (Lipinski definition) is 0. The number of rotatable bonds is 3. The standard InChI is InChI=1S/C19H12BrClFN3O/c20-13-6-5-12(16(22)9-13)11-24-7-8-25-18(19(24)26)10-17(23-25)14-3-1-2-4-15(14)21/h1-10H,11H2. The summed E-state index contributed by atoms with van der Waals surface area (Å²) in [4.78, 5) is 12.8. The second kappa shape index (κ2) is 6.70. The van der Waals surface area contributed by atoms with Crippen molar-refractivity contribution in [1.82, 2.24) is 14.2 Å². The summed E-state index contributed by atoms with van der Waals surface area (Å²) < 4.78 is 17.7. The van der Waals surface area contributed by atoms with Crippen LogP contribution in [0.2, 0.25) is 5.02 Å². The molecule has 4 rings (SSSR count). The van der Waals surface area contributed by atoms with Crippen LogP contribution in [0.4, 0.5) is 4.39 Å². The van der Waals surface area contributed by atoms with Gasteiger partial charge in [0.1, 0.15) is 11.3 Å². The second-order valence-corrected chi connectivity index (χ2v) is 7.13. The van der Waals surface area contributed by atoms with Gasteiger partial charge < -0.3 is 4.57 Å². The highest BCUT2D eigenvalue weighted by Crippen LogP contribution is 2.26. The van der Waals surface area contributed by atoms with Gasteiger partial charge in [-0.1, -0.05) is 51.8 Å². The van der Waals surface area contributed by atoms with Crippen LogP contribution in [0.25, 0.3) is 16.8 Å². The van der Waals surface area contributed by atoms with Gasteiger partial charge in [-0.3, -0.25) is 4.79 Å². The lowest BCUT2D eigenvalue weighted by molar-refractivity contribution is 0.594. The summed E-state index contributed by atoms with van der Waals surface area (Å²) in [5.41, 5.74) is 1.95. The molecule has 4 nitrogen and oxygen atoms in total. The Morgan fingerprint density at radius 3 is 2.69 bits per heavy atom. The third-order valence-corrected chi connectivity index (χ3v) is 4.93. The van der Waals surface area contributed by atoms with E-state index in [-0.39, 0.29) is 17.9 Å². The normalized spacial score (nSPS) is 11.2. The number of fused-ring (bicyclic) bond motifs is 1.